The van der Waals surface area contributed by atoms with E-state index in [1.807, 2.05) is 0 Å². The van der Waals surface area contributed by atoms with E-state index in [2.05, 4.69) is 20.7 Å². The minimum atomic E-state index is -0.756. The summed E-state index contributed by atoms with van der Waals surface area (Å²) in [6.45, 7) is 1.85. The normalized spacial score (nSPS) is 10.0. The summed E-state index contributed by atoms with van der Waals surface area (Å²) in [5.74, 6) is -1.47. The van der Waals surface area contributed by atoms with Crippen LogP contribution in [0.15, 0.2) is 16.6 Å². The summed E-state index contributed by atoms with van der Waals surface area (Å²) >= 11 is 8.66. The Balaban J connectivity index is 3.13. The third-order valence-corrected chi connectivity index (χ3v) is 2.22. The van der Waals surface area contributed by atoms with E-state index in [1.54, 1.807) is 6.92 Å². The molecule has 0 unspecified atom stereocenters. The highest BCUT2D eigenvalue weighted by Crippen LogP contribution is 2.24. The topological polar surface area (TPSA) is 26.3 Å². The van der Waals surface area contributed by atoms with Gasteiger partial charge in [-0.15, -0.1) is 0 Å². The predicted octanol–water partition coefficient (Wildman–Crippen LogP) is 3.42. The Morgan fingerprint density at radius 2 is 2.29 bits per heavy atom. The lowest BCUT2D eigenvalue weighted by molar-refractivity contribution is 0.0521. The smallest absolute Gasteiger partial charge is 0.341 e. The van der Waals surface area contributed by atoms with Gasteiger partial charge in [0, 0.05) is 4.47 Å². The second kappa shape index (κ2) is 4.75. The zero-order valence-corrected chi connectivity index (χ0v) is 9.65. The van der Waals surface area contributed by atoms with Gasteiger partial charge in [-0.1, -0.05) is 27.5 Å². The second-order valence-corrected chi connectivity index (χ2v) is 3.79. The molecule has 0 fully saturated rings. The van der Waals surface area contributed by atoms with Crippen molar-refractivity contribution >= 4 is 33.5 Å². The first kappa shape index (κ1) is 11.5. The number of esters is 1. The Labute approximate surface area is 94.1 Å². The number of rotatable bonds is 2. The lowest BCUT2D eigenvalue weighted by Crippen LogP contribution is -2.07. The Hall–Kier alpha value is -0.610. The van der Waals surface area contributed by atoms with Crippen molar-refractivity contribution in [3.63, 3.8) is 0 Å². The highest BCUT2D eigenvalue weighted by atomic mass is 79.9. The van der Waals surface area contributed by atoms with Gasteiger partial charge in [0.25, 0.3) is 0 Å². The first-order valence-electron chi connectivity index (χ1n) is 3.88. The second-order valence-electron chi connectivity index (χ2n) is 2.47. The van der Waals surface area contributed by atoms with Crippen molar-refractivity contribution in [1.82, 2.24) is 0 Å². The molecule has 0 N–H and O–H groups in total. The fourth-order valence-corrected chi connectivity index (χ4v) is 1.72. The summed E-state index contributed by atoms with van der Waals surface area (Å²) in [4.78, 5) is 11.2. The molecule has 0 bridgehead atoms. The minimum Gasteiger partial charge on any atom is -0.462 e. The van der Waals surface area contributed by atoms with Crippen LogP contribution in [0, 0.1) is 5.82 Å². The van der Waals surface area contributed by atoms with Crippen molar-refractivity contribution in [2.24, 2.45) is 0 Å². The zero-order chi connectivity index (χ0) is 10.7. The largest absolute Gasteiger partial charge is 0.462 e. The molecule has 14 heavy (non-hydrogen) atoms. The lowest BCUT2D eigenvalue weighted by atomic mass is 10.2. The van der Waals surface area contributed by atoms with Crippen molar-refractivity contribution < 1.29 is 13.9 Å². The third-order valence-electron chi connectivity index (χ3n) is 1.49. The van der Waals surface area contributed by atoms with Crippen LogP contribution < -0.4 is 0 Å². The molecule has 1 rings (SSSR count). The molecule has 1 aromatic carbocycles. The van der Waals surface area contributed by atoms with Crippen molar-refractivity contribution in [2.75, 3.05) is 6.61 Å². The molecule has 1 aromatic rings. The maximum Gasteiger partial charge on any atom is 0.341 e. The Bertz CT molecular complexity index is 368. The standard InChI is InChI=1S/C9H7BrClFO2/c1-2-14-9(13)6-3-5(10)4-7(11)8(6)12/h3-4H,2H2,1H3. The van der Waals surface area contributed by atoms with E-state index in [0.717, 1.165) is 0 Å². The van der Waals surface area contributed by atoms with E-state index < -0.39 is 11.8 Å². The first-order valence-corrected chi connectivity index (χ1v) is 5.05. The van der Waals surface area contributed by atoms with Crippen LogP contribution in [0.2, 0.25) is 5.02 Å². The summed E-state index contributed by atoms with van der Waals surface area (Å²) < 4.78 is 18.5. The van der Waals surface area contributed by atoms with E-state index >= 15 is 0 Å². The van der Waals surface area contributed by atoms with Crippen LogP contribution in [0.4, 0.5) is 4.39 Å². The van der Waals surface area contributed by atoms with Crippen LogP contribution in [-0.2, 0) is 4.74 Å². The van der Waals surface area contributed by atoms with Gasteiger partial charge in [0.05, 0.1) is 17.2 Å². The van der Waals surface area contributed by atoms with Crippen LogP contribution in [0.25, 0.3) is 0 Å². The average molecular weight is 282 g/mol. The van der Waals surface area contributed by atoms with Gasteiger partial charge in [0.15, 0.2) is 5.82 Å². The molecule has 5 heteroatoms. The molecular weight excluding hydrogens is 274 g/mol. The molecule has 0 radical (unpaired) electrons. The molecule has 0 saturated carbocycles. The van der Waals surface area contributed by atoms with E-state index in [0.29, 0.717) is 4.47 Å². The molecule has 0 saturated heterocycles. The summed E-state index contributed by atoms with van der Waals surface area (Å²) in [7, 11) is 0. The van der Waals surface area contributed by atoms with Crippen molar-refractivity contribution in [1.29, 1.82) is 0 Å². The van der Waals surface area contributed by atoms with Gasteiger partial charge in [-0.05, 0) is 19.1 Å². The van der Waals surface area contributed by atoms with Gasteiger partial charge < -0.3 is 4.74 Å². The Morgan fingerprint density at radius 1 is 1.64 bits per heavy atom. The Kier molecular flexibility index (Phi) is 3.89. The van der Waals surface area contributed by atoms with Gasteiger partial charge in [0.1, 0.15) is 0 Å². The first-order chi connectivity index (χ1) is 6.56. The van der Waals surface area contributed by atoms with Crippen molar-refractivity contribution in [3.05, 3.63) is 33.0 Å². The van der Waals surface area contributed by atoms with Crippen molar-refractivity contribution in [3.8, 4) is 0 Å². The van der Waals surface area contributed by atoms with E-state index in [4.69, 9.17) is 11.6 Å². The molecule has 0 spiro atoms. The molecule has 0 amide bonds. The highest BCUT2D eigenvalue weighted by molar-refractivity contribution is 9.10. The Morgan fingerprint density at radius 3 is 2.86 bits per heavy atom. The van der Waals surface area contributed by atoms with Crippen LogP contribution in [0.3, 0.4) is 0 Å². The van der Waals surface area contributed by atoms with E-state index in [1.165, 1.54) is 12.1 Å². The molecule has 0 aliphatic carbocycles. The number of carbonyl (C=O) groups excluding carboxylic acids is 1. The minimum absolute atomic E-state index is 0.109. The van der Waals surface area contributed by atoms with Crippen LogP contribution >= 0.6 is 27.5 Å². The molecule has 0 atom stereocenters. The number of hydrogen-bond acceptors (Lipinski definition) is 2. The van der Waals surface area contributed by atoms with Gasteiger partial charge >= 0.3 is 5.97 Å². The molecule has 76 valence electrons. The molecule has 0 aliphatic heterocycles. The van der Waals surface area contributed by atoms with Gasteiger partial charge in [-0.25, -0.2) is 9.18 Å². The number of halogens is 3. The van der Waals surface area contributed by atoms with Gasteiger partial charge in [-0.3, -0.25) is 0 Å². The maximum absolute atomic E-state index is 13.3. The predicted molar refractivity (Wildman–Crippen MR) is 55.1 cm³/mol. The van der Waals surface area contributed by atoms with Gasteiger partial charge in [-0.2, -0.15) is 0 Å². The van der Waals surface area contributed by atoms with Gasteiger partial charge in [0.2, 0.25) is 0 Å². The van der Waals surface area contributed by atoms with Crippen LogP contribution in [0.5, 0.6) is 0 Å². The summed E-state index contributed by atoms with van der Waals surface area (Å²) in [5.41, 5.74) is -0.161. The molecule has 0 aromatic heterocycles. The summed E-state index contributed by atoms with van der Waals surface area (Å²) in [6.07, 6.45) is 0. The highest BCUT2D eigenvalue weighted by Gasteiger charge is 2.16. The summed E-state index contributed by atoms with van der Waals surface area (Å²) in [5, 5.41) is -0.109. The molecule has 0 aliphatic rings. The number of carbonyl (C=O) groups is 1. The fraction of sp³-hybridized carbons (Fsp3) is 0.222. The SMILES string of the molecule is CCOC(=O)c1cc(Br)cc(Cl)c1F. The number of hydrogen-bond donors (Lipinski definition) is 0. The summed E-state index contributed by atoms with van der Waals surface area (Å²) in [6, 6.07) is 2.71. The molecule has 2 nitrogen and oxygen atoms in total. The lowest BCUT2D eigenvalue weighted by Gasteiger charge is -2.04. The quantitative estimate of drug-likeness (QED) is 0.613. The van der Waals surface area contributed by atoms with Crippen LogP contribution in [-0.4, -0.2) is 12.6 Å². The van der Waals surface area contributed by atoms with E-state index in [-0.39, 0.29) is 17.2 Å². The van der Waals surface area contributed by atoms with Crippen LogP contribution in [0.1, 0.15) is 17.3 Å². The number of benzene rings is 1. The van der Waals surface area contributed by atoms with E-state index in [9.17, 15) is 9.18 Å². The zero-order valence-electron chi connectivity index (χ0n) is 7.31. The third kappa shape index (κ3) is 2.45. The monoisotopic (exact) mass is 280 g/mol. The maximum atomic E-state index is 13.3. The average Bonchev–Trinajstić information content (AvgIpc) is 2.11. The molecular formula is C9H7BrClFO2. The number of ether oxygens (including phenoxy) is 1. The van der Waals surface area contributed by atoms with Crippen molar-refractivity contribution in [2.45, 2.75) is 6.92 Å². The molecule has 0 heterocycles. The fourth-order valence-electron chi connectivity index (χ4n) is 0.913.